The minimum Gasteiger partial charge on any atom is -0.496 e. The summed E-state index contributed by atoms with van der Waals surface area (Å²) in [5.74, 6) is 1.14. The van der Waals surface area contributed by atoms with E-state index in [9.17, 15) is 9.90 Å². The van der Waals surface area contributed by atoms with Crippen molar-refractivity contribution in [2.24, 2.45) is 0 Å². The van der Waals surface area contributed by atoms with Crippen LogP contribution >= 0.6 is 0 Å². The molecule has 0 aliphatic heterocycles. The van der Waals surface area contributed by atoms with Crippen molar-refractivity contribution in [2.45, 2.75) is 19.4 Å². The summed E-state index contributed by atoms with van der Waals surface area (Å²) in [5, 5.41) is 10.0. The van der Waals surface area contributed by atoms with Crippen molar-refractivity contribution in [1.29, 1.82) is 0 Å². The van der Waals surface area contributed by atoms with Crippen molar-refractivity contribution >= 4 is 11.5 Å². The Morgan fingerprint density at radius 2 is 1.64 bits per heavy atom. The third kappa shape index (κ3) is 4.14. The van der Waals surface area contributed by atoms with Crippen molar-refractivity contribution in [1.82, 2.24) is 0 Å². The Balaban J connectivity index is 3.37. The number of carbonyl (C=O) groups excluding carboxylic acids is 1. The summed E-state index contributed by atoms with van der Waals surface area (Å²) in [7, 11) is 5.88. The van der Waals surface area contributed by atoms with Crippen molar-refractivity contribution in [3.63, 3.8) is 0 Å². The summed E-state index contributed by atoms with van der Waals surface area (Å²) >= 11 is 0. The number of carbonyl (C=O) groups is 1. The third-order valence-corrected chi connectivity index (χ3v) is 3.18. The highest BCUT2D eigenvalue weighted by Crippen LogP contribution is 2.38. The zero-order valence-electron chi connectivity index (χ0n) is 13.5. The lowest BCUT2D eigenvalue weighted by molar-refractivity contribution is -0.139. The number of esters is 1. The second kappa shape index (κ2) is 8.29. The first-order chi connectivity index (χ1) is 10.5. The van der Waals surface area contributed by atoms with E-state index in [1.54, 1.807) is 25.1 Å². The molecule has 0 amide bonds. The van der Waals surface area contributed by atoms with Crippen LogP contribution in [0.1, 0.15) is 18.9 Å². The van der Waals surface area contributed by atoms with Crippen LogP contribution in [0.4, 0.5) is 0 Å². The maximum atomic E-state index is 11.3. The zero-order valence-corrected chi connectivity index (χ0v) is 13.5. The predicted octanol–water partition coefficient (Wildman–Crippen LogP) is 2.04. The predicted molar refractivity (Wildman–Crippen MR) is 82.4 cm³/mol. The molecule has 0 spiro atoms. The number of hydrogen-bond donors (Lipinski definition) is 1. The second-order valence-corrected chi connectivity index (χ2v) is 4.52. The quantitative estimate of drug-likeness (QED) is 0.777. The molecule has 1 atom stereocenters. The third-order valence-electron chi connectivity index (χ3n) is 3.18. The lowest BCUT2D eigenvalue weighted by atomic mass is 9.98. The Kier molecular flexibility index (Phi) is 6.72. The van der Waals surface area contributed by atoms with Crippen molar-refractivity contribution in [2.75, 3.05) is 28.4 Å². The van der Waals surface area contributed by atoms with Gasteiger partial charge in [-0.1, -0.05) is 6.08 Å². The monoisotopic (exact) mass is 310 g/mol. The van der Waals surface area contributed by atoms with Crippen LogP contribution < -0.4 is 14.2 Å². The lowest BCUT2D eigenvalue weighted by Gasteiger charge is -2.18. The molecule has 6 heteroatoms. The highest BCUT2D eigenvalue weighted by Gasteiger charge is 2.18. The Morgan fingerprint density at radius 1 is 1.09 bits per heavy atom. The molecule has 0 saturated carbocycles. The normalized spacial score (nSPS) is 12.5. The van der Waals surface area contributed by atoms with Crippen LogP contribution in [0.15, 0.2) is 18.2 Å². The standard InChI is InChI=1S/C16H22O6/c1-10(17)11(6-7-16(18)22-5)12-8-14(20-3)15(21-4)9-13(12)19-2/h6,8-10,17H,7H2,1-5H3/b11-6-. The molecule has 0 aromatic heterocycles. The van der Waals surface area contributed by atoms with Crippen molar-refractivity contribution < 1.29 is 28.8 Å². The van der Waals surface area contributed by atoms with E-state index < -0.39 is 12.1 Å². The number of aliphatic hydroxyl groups is 1. The molecule has 0 radical (unpaired) electrons. The summed E-state index contributed by atoms with van der Waals surface area (Å²) in [6, 6.07) is 3.37. The largest absolute Gasteiger partial charge is 0.496 e. The topological polar surface area (TPSA) is 74.2 Å². The fourth-order valence-electron chi connectivity index (χ4n) is 2.04. The molecule has 1 aromatic rings. The number of aliphatic hydroxyl groups excluding tert-OH is 1. The number of rotatable bonds is 7. The molecule has 0 fully saturated rings. The van der Waals surface area contributed by atoms with Gasteiger partial charge < -0.3 is 24.1 Å². The number of benzene rings is 1. The SMILES string of the molecule is COC(=O)C/C=C(\c1cc(OC)c(OC)cc1OC)C(C)O. The van der Waals surface area contributed by atoms with E-state index in [-0.39, 0.29) is 6.42 Å². The minimum absolute atomic E-state index is 0.0498. The molecule has 0 saturated heterocycles. The van der Waals surface area contributed by atoms with E-state index in [0.717, 1.165) is 0 Å². The Bertz CT molecular complexity index is 548. The van der Waals surface area contributed by atoms with E-state index in [2.05, 4.69) is 4.74 Å². The first-order valence-corrected chi connectivity index (χ1v) is 6.73. The molecule has 0 aliphatic carbocycles. The van der Waals surface area contributed by atoms with Crippen LogP contribution in [-0.2, 0) is 9.53 Å². The van der Waals surface area contributed by atoms with Crippen LogP contribution in [0.5, 0.6) is 17.2 Å². The molecule has 1 unspecified atom stereocenters. The molecule has 22 heavy (non-hydrogen) atoms. The Morgan fingerprint density at radius 3 is 2.09 bits per heavy atom. The average Bonchev–Trinajstić information content (AvgIpc) is 2.53. The van der Waals surface area contributed by atoms with Gasteiger partial charge >= 0.3 is 5.97 Å². The van der Waals surface area contributed by atoms with Gasteiger partial charge in [-0.3, -0.25) is 4.79 Å². The highest BCUT2D eigenvalue weighted by molar-refractivity contribution is 5.79. The summed E-state index contributed by atoms with van der Waals surface area (Å²) in [4.78, 5) is 11.3. The first kappa shape index (κ1) is 17.8. The van der Waals surface area contributed by atoms with E-state index in [4.69, 9.17) is 14.2 Å². The van der Waals surface area contributed by atoms with Crippen LogP contribution in [0, 0.1) is 0 Å². The summed E-state index contributed by atoms with van der Waals surface area (Å²) in [6.45, 7) is 1.61. The zero-order chi connectivity index (χ0) is 16.7. The molecular formula is C16H22O6. The van der Waals surface area contributed by atoms with Gasteiger partial charge in [-0.05, 0) is 18.6 Å². The molecule has 122 valence electrons. The number of methoxy groups -OCH3 is 4. The highest BCUT2D eigenvalue weighted by atomic mass is 16.5. The first-order valence-electron chi connectivity index (χ1n) is 6.73. The van der Waals surface area contributed by atoms with Crippen LogP contribution in [0.3, 0.4) is 0 Å². The minimum atomic E-state index is -0.795. The van der Waals surface area contributed by atoms with Crippen LogP contribution in [0.2, 0.25) is 0 Å². The molecule has 0 aliphatic rings. The molecular weight excluding hydrogens is 288 g/mol. The van der Waals surface area contributed by atoms with E-state index in [1.807, 2.05) is 0 Å². The fraction of sp³-hybridized carbons (Fsp3) is 0.438. The lowest BCUT2D eigenvalue weighted by Crippen LogP contribution is -2.08. The van der Waals surface area contributed by atoms with Crippen molar-refractivity contribution in [3.05, 3.63) is 23.8 Å². The molecule has 6 nitrogen and oxygen atoms in total. The number of ether oxygens (including phenoxy) is 4. The summed E-state index contributed by atoms with van der Waals surface area (Å²) in [5.41, 5.74) is 1.17. The van der Waals surface area contributed by atoms with Crippen molar-refractivity contribution in [3.8, 4) is 17.2 Å². The van der Waals surface area contributed by atoms with Gasteiger partial charge in [-0.15, -0.1) is 0 Å². The molecule has 0 bridgehead atoms. The van der Waals surface area contributed by atoms with Crippen LogP contribution in [-0.4, -0.2) is 45.6 Å². The van der Waals surface area contributed by atoms with Crippen LogP contribution in [0.25, 0.3) is 5.57 Å². The maximum absolute atomic E-state index is 11.3. The van der Waals surface area contributed by atoms with Gasteiger partial charge in [0.25, 0.3) is 0 Å². The van der Waals surface area contributed by atoms with E-state index in [1.165, 1.54) is 28.4 Å². The average molecular weight is 310 g/mol. The Labute approximate surface area is 130 Å². The molecule has 1 aromatic carbocycles. The van der Waals surface area contributed by atoms with Gasteiger partial charge in [0.2, 0.25) is 0 Å². The summed E-state index contributed by atoms with van der Waals surface area (Å²) < 4.78 is 20.5. The van der Waals surface area contributed by atoms with Gasteiger partial charge in [-0.25, -0.2) is 0 Å². The molecule has 0 heterocycles. The van der Waals surface area contributed by atoms with Gasteiger partial charge in [0.1, 0.15) is 5.75 Å². The Hall–Kier alpha value is -2.21. The van der Waals surface area contributed by atoms with E-state index in [0.29, 0.717) is 28.4 Å². The molecule has 1 rings (SSSR count). The van der Waals surface area contributed by atoms with Gasteiger partial charge in [0.05, 0.1) is 41.0 Å². The van der Waals surface area contributed by atoms with Gasteiger partial charge in [0.15, 0.2) is 11.5 Å². The summed E-state index contributed by atoms with van der Waals surface area (Å²) in [6.07, 6.45) is 0.866. The second-order valence-electron chi connectivity index (χ2n) is 4.52. The number of hydrogen-bond acceptors (Lipinski definition) is 6. The van der Waals surface area contributed by atoms with Gasteiger partial charge in [-0.2, -0.15) is 0 Å². The smallest absolute Gasteiger partial charge is 0.309 e. The van der Waals surface area contributed by atoms with Gasteiger partial charge in [0, 0.05) is 11.6 Å². The van der Waals surface area contributed by atoms with E-state index >= 15 is 0 Å². The molecule has 1 N–H and O–H groups in total. The fourth-order valence-corrected chi connectivity index (χ4v) is 2.04. The maximum Gasteiger partial charge on any atom is 0.309 e.